The van der Waals surface area contributed by atoms with Gasteiger partial charge in [-0.1, -0.05) is 54.2 Å². The Labute approximate surface area is 150 Å². The molecule has 0 saturated heterocycles. The van der Waals surface area contributed by atoms with Gasteiger partial charge in [-0.25, -0.2) is 4.98 Å². The average Bonchev–Trinajstić information content (AvgIpc) is 3.11. The fourth-order valence-electron chi connectivity index (χ4n) is 2.22. The third kappa shape index (κ3) is 4.19. The number of aromatic amines is 1. The van der Waals surface area contributed by atoms with Crippen molar-refractivity contribution in [1.29, 1.82) is 0 Å². The molecule has 0 aliphatic heterocycles. The Hall–Kier alpha value is -2.80. The van der Waals surface area contributed by atoms with Gasteiger partial charge in [0.2, 0.25) is 11.1 Å². The number of methoxy groups -OCH3 is 1. The van der Waals surface area contributed by atoms with E-state index in [-0.39, 0.29) is 11.2 Å². The van der Waals surface area contributed by atoms with Gasteiger partial charge in [0, 0.05) is 5.56 Å². The molecule has 1 amide bonds. The lowest BCUT2D eigenvalue weighted by Crippen LogP contribution is -2.22. The van der Waals surface area contributed by atoms with Gasteiger partial charge in [-0.3, -0.25) is 9.89 Å². The van der Waals surface area contributed by atoms with E-state index < -0.39 is 0 Å². The quantitative estimate of drug-likeness (QED) is 0.661. The van der Waals surface area contributed by atoms with Crippen molar-refractivity contribution in [3.8, 4) is 17.1 Å². The van der Waals surface area contributed by atoms with Gasteiger partial charge < -0.3 is 10.1 Å². The number of nitrogens with zero attached hydrogens (tertiary/aromatic N) is 2. The van der Waals surface area contributed by atoms with Crippen LogP contribution in [-0.2, 0) is 4.79 Å². The fourth-order valence-corrected chi connectivity index (χ4v) is 2.94. The molecule has 0 saturated carbocycles. The van der Waals surface area contributed by atoms with E-state index in [0.29, 0.717) is 22.4 Å². The minimum absolute atomic E-state index is 0.138. The number of hydrogen-bond acceptors (Lipinski definition) is 5. The normalized spacial score (nSPS) is 11.8. The fraction of sp³-hybridized carbons (Fsp3) is 0.167. The summed E-state index contributed by atoms with van der Waals surface area (Å²) in [6.07, 6.45) is 0. The number of thioether (sulfide) groups is 1. The van der Waals surface area contributed by atoms with Gasteiger partial charge in [-0.2, -0.15) is 0 Å². The summed E-state index contributed by atoms with van der Waals surface area (Å²) in [7, 11) is 1.57. The molecule has 1 unspecified atom stereocenters. The first kappa shape index (κ1) is 17.0. The van der Waals surface area contributed by atoms with Gasteiger partial charge in [0.1, 0.15) is 5.75 Å². The molecule has 3 aromatic rings. The summed E-state index contributed by atoms with van der Waals surface area (Å²) in [4.78, 5) is 16.8. The van der Waals surface area contributed by atoms with E-state index in [0.717, 1.165) is 5.56 Å². The molecule has 7 heteroatoms. The number of amides is 1. The van der Waals surface area contributed by atoms with Crippen LogP contribution in [-0.4, -0.2) is 33.4 Å². The van der Waals surface area contributed by atoms with Crippen molar-refractivity contribution in [2.75, 3.05) is 12.4 Å². The third-order valence-corrected chi connectivity index (χ3v) is 4.49. The van der Waals surface area contributed by atoms with Crippen molar-refractivity contribution < 1.29 is 9.53 Å². The monoisotopic (exact) mass is 354 g/mol. The zero-order chi connectivity index (χ0) is 17.6. The molecule has 1 heterocycles. The zero-order valence-electron chi connectivity index (χ0n) is 13.9. The van der Waals surface area contributed by atoms with Crippen LogP contribution < -0.4 is 10.1 Å². The number of aromatic nitrogens is 3. The molecule has 0 fully saturated rings. The second-order valence-electron chi connectivity index (χ2n) is 5.28. The Morgan fingerprint density at radius 3 is 2.64 bits per heavy atom. The van der Waals surface area contributed by atoms with Crippen molar-refractivity contribution >= 4 is 23.4 Å². The molecule has 0 radical (unpaired) electrons. The van der Waals surface area contributed by atoms with Crippen LogP contribution in [0, 0.1) is 0 Å². The first-order valence-electron chi connectivity index (χ1n) is 7.75. The minimum atomic E-state index is -0.357. The molecule has 2 N–H and O–H groups in total. The molecule has 2 aromatic carbocycles. The van der Waals surface area contributed by atoms with Gasteiger partial charge in [0.05, 0.1) is 18.0 Å². The Morgan fingerprint density at radius 2 is 1.88 bits per heavy atom. The summed E-state index contributed by atoms with van der Waals surface area (Å²) < 4.78 is 5.25. The van der Waals surface area contributed by atoms with Gasteiger partial charge >= 0.3 is 0 Å². The minimum Gasteiger partial charge on any atom is -0.495 e. The van der Waals surface area contributed by atoms with E-state index in [4.69, 9.17) is 4.74 Å². The molecule has 25 heavy (non-hydrogen) atoms. The van der Waals surface area contributed by atoms with Crippen LogP contribution in [0.1, 0.15) is 6.92 Å². The average molecular weight is 354 g/mol. The van der Waals surface area contributed by atoms with Crippen molar-refractivity contribution in [3.63, 3.8) is 0 Å². The number of hydrogen-bond donors (Lipinski definition) is 2. The number of carbonyl (C=O) groups excluding carboxylic acids is 1. The Morgan fingerprint density at radius 1 is 1.16 bits per heavy atom. The molecule has 0 spiro atoms. The van der Waals surface area contributed by atoms with Crippen LogP contribution in [0.5, 0.6) is 5.75 Å². The van der Waals surface area contributed by atoms with E-state index in [2.05, 4.69) is 20.5 Å². The summed E-state index contributed by atoms with van der Waals surface area (Å²) >= 11 is 1.29. The molecule has 0 bridgehead atoms. The first-order chi connectivity index (χ1) is 12.2. The predicted molar refractivity (Wildman–Crippen MR) is 98.8 cm³/mol. The highest BCUT2D eigenvalue weighted by Crippen LogP contribution is 2.26. The summed E-state index contributed by atoms with van der Waals surface area (Å²) in [6, 6.07) is 17.0. The predicted octanol–water partition coefficient (Wildman–Crippen LogP) is 3.60. The molecule has 1 atom stereocenters. The van der Waals surface area contributed by atoms with Gasteiger partial charge in [-0.05, 0) is 19.1 Å². The second kappa shape index (κ2) is 7.85. The molecule has 1 aromatic heterocycles. The maximum atomic E-state index is 12.4. The van der Waals surface area contributed by atoms with Crippen LogP contribution >= 0.6 is 11.8 Å². The smallest absolute Gasteiger partial charge is 0.237 e. The second-order valence-corrected chi connectivity index (χ2v) is 6.59. The van der Waals surface area contributed by atoms with E-state index in [9.17, 15) is 4.79 Å². The summed E-state index contributed by atoms with van der Waals surface area (Å²) in [5.74, 6) is 1.17. The van der Waals surface area contributed by atoms with E-state index in [1.807, 2.05) is 49.4 Å². The molecule has 128 valence electrons. The third-order valence-electron chi connectivity index (χ3n) is 3.53. The van der Waals surface area contributed by atoms with Crippen LogP contribution in [0.25, 0.3) is 11.4 Å². The molecule has 0 aliphatic rings. The van der Waals surface area contributed by atoms with Gasteiger partial charge in [0.25, 0.3) is 0 Å². The van der Waals surface area contributed by atoms with Crippen molar-refractivity contribution in [2.45, 2.75) is 17.3 Å². The largest absolute Gasteiger partial charge is 0.495 e. The molecular formula is C18H18N4O2S. The number of benzene rings is 2. The first-order valence-corrected chi connectivity index (χ1v) is 8.63. The molecule has 0 aliphatic carbocycles. The van der Waals surface area contributed by atoms with E-state index in [1.54, 1.807) is 19.2 Å². The van der Waals surface area contributed by atoms with E-state index in [1.165, 1.54) is 11.8 Å². The molecule has 6 nitrogen and oxygen atoms in total. The van der Waals surface area contributed by atoms with Crippen molar-refractivity contribution in [2.24, 2.45) is 0 Å². The maximum absolute atomic E-state index is 12.4. The Balaban J connectivity index is 1.65. The van der Waals surface area contributed by atoms with Gasteiger partial charge in [0.15, 0.2) is 5.82 Å². The maximum Gasteiger partial charge on any atom is 0.237 e. The molecule has 3 rings (SSSR count). The number of carbonyl (C=O) groups is 1. The van der Waals surface area contributed by atoms with E-state index >= 15 is 0 Å². The molecular weight excluding hydrogens is 336 g/mol. The summed E-state index contributed by atoms with van der Waals surface area (Å²) in [5.41, 5.74) is 1.59. The number of anilines is 1. The van der Waals surface area contributed by atoms with Gasteiger partial charge in [-0.15, -0.1) is 5.10 Å². The number of nitrogens with one attached hydrogen (secondary N) is 2. The van der Waals surface area contributed by atoms with Crippen molar-refractivity contribution in [3.05, 3.63) is 54.6 Å². The number of para-hydroxylation sites is 2. The number of ether oxygens (including phenoxy) is 1. The highest BCUT2D eigenvalue weighted by Gasteiger charge is 2.18. The summed E-state index contributed by atoms with van der Waals surface area (Å²) in [6.45, 7) is 1.81. The summed E-state index contributed by atoms with van der Waals surface area (Å²) in [5, 5.41) is 10.1. The highest BCUT2D eigenvalue weighted by molar-refractivity contribution is 8.00. The van der Waals surface area contributed by atoms with Crippen LogP contribution in [0.4, 0.5) is 5.69 Å². The van der Waals surface area contributed by atoms with Crippen molar-refractivity contribution in [1.82, 2.24) is 15.2 Å². The number of rotatable bonds is 6. The Bertz CT molecular complexity index is 851. The number of H-pyrrole nitrogens is 1. The van der Waals surface area contributed by atoms with Crippen LogP contribution in [0.15, 0.2) is 59.8 Å². The standard InChI is InChI=1S/C18H18N4O2S/c1-12(17(23)19-14-10-6-7-11-15(14)24-2)25-18-20-16(21-22-18)13-8-4-3-5-9-13/h3-12H,1-2H3,(H,19,23)(H,20,21,22). The van der Waals surface area contributed by atoms with Crippen LogP contribution in [0.2, 0.25) is 0 Å². The Kier molecular flexibility index (Phi) is 5.35. The lowest BCUT2D eigenvalue weighted by atomic mass is 10.2. The SMILES string of the molecule is COc1ccccc1NC(=O)C(C)Sc1n[nH]c(-c2ccccc2)n1. The topological polar surface area (TPSA) is 79.9 Å². The lowest BCUT2D eigenvalue weighted by molar-refractivity contribution is -0.115. The lowest BCUT2D eigenvalue weighted by Gasteiger charge is -2.12. The van der Waals surface area contributed by atoms with Crippen LogP contribution in [0.3, 0.4) is 0 Å². The zero-order valence-corrected chi connectivity index (χ0v) is 14.7. The highest BCUT2D eigenvalue weighted by atomic mass is 32.2.